The van der Waals surface area contributed by atoms with Crippen LogP contribution in [0.4, 0.5) is 11.4 Å². The van der Waals surface area contributed by atoms with E-state index in [4.69, 9.17) is 11.5 Å². The highest BCUT2D eigenvalue weighted by Gasteiger charge is 2.06. The van der Waals surface area contributed by atoms with Crippen molar-refractivity contribution in [2.45, 2.75) is 0 Å². The minimum Gasteiger partial charge on any atom is -0.506 e. The van der Waals surface area contributed by atoms with Gasteiger partial charge in [0.25, 0.3) is 0 Å². The lowest BCUT2D eigenvalue weighted by atomic mass is 9.99. The quantitative estimate of drug-likeness (QED) is 0.225. The van der Waals surface area contributed by atoms with Crippen LogP contribution < -0.4 is 11.5 Å². The van der Waals surface area contributed by atoms with Crippen molar-refractivity contribution in [2.24, 2.45) is 0 Å². The number of anilines is 2. The number of benzene rings is 4. The number of phenols is 2. The third-order valence-corrected chi connectivity index (χ3v) is 4.04. The van der Waals surface area contributed by atoms with Crippen molar-refractivity contribution in [3.63, 3.8) is 0 Å². The fourth-order valence-corrected chi connectivity index (χ4v) is 2.86. The van der Waals surface area contributed by atoms with Gasteiger partial charge in [-0.05, 0) is 80.8 Å². The summed E-state index contributed by atoms with van der Waals surface area (Å²) in [5.41, 5.74) is 12.3. The van der Waals surface area contributed by atoms with Crippen molar-refractivity contribution in [3.8, 4) is 11.5 Å². The van der Waals surface area contributed by atoms with Crippen molar-refractivity contribution in [1.29, 1.82) is 0 Å². The second-order valence-electron chi connectivity index (χ2n) is 5.57. The molecule has 4 nitrogen and oxygen atoms in total. The third kappa shape index (κ3) is 1.78. The van der Waals surface area contributed by atoms with E-state index in [1.807, 2.05) is 24.3 Å². The van der Waals surface area contributed by atoms with Gasteiger partial charge in [-0.2, -0.15) is 0 Å². The summed E-state index contributed by atoms with van der Waals surface area (Å²) in [7, 11) is 0. The number of aromatic hydroxyl groups is 2. The van der Waals surface area contributed by atoms with Gasteiger partial charge in [-0.1, -0.05) is 0 Å². The Kier molecular flexibility index (Phi) is 2.39. The van der Waals surface area contributed by atoms with Crippen LogP contribution >= 0.6 is 0 Å². The molecular formula is C18H14N2O2. The zero-order valence-electron chi connectivity index (χ0n) is 11.7. The highest BCUT2D eigenvalue weighted by Crippen LogP contribution is 2.34. The van der Waals surface area contributed by atoms with Crippen molar-refractivity contribution < 1.29 is 10.2 Å². The fourth-order valence-electron chi connectivity index (χ4n) is 2.86. The summed E-state index contributed by atoms with van der Waals surface area (Å²) >= 11 is 0. The molecule has 4 heteroatoms. The first-order chi connectivity index (χ1) is 10.5. The van der Waals surface area contributed by atoms with E-state index in [1.165, 1.54) is 0 Å². The monoisotopic (exact) mass is 290 g/mol. The van der Waals surface area contributed by atoms with Crippen LogP contribution in [0.15, 0.2) is 48.5 Å². The van der Waals surface area contributed by atoms with Crippen molar-refractivity contribution in [2.75, 3.05) is 11.5 Å². The maximum absolute atomic E-state index is 9.76. The molecule has 0 spiro atoms. The van der Waals surface area contributed by atoms with E-state index in [0.29, 0.717) is 11.4 Å². The number of hydrogen-bond acceptors (Lipinski definition) is 4. The zero-order chi connectivity index (χ0) is 15.4. The van der Waals surface area contributed by atoms with Gasteiger partial charge < -0.3 is 21.7 Å². The summed E-state index contributed by atoms with van der Waals surface area (Å²) in [6, 6.07) is 14.9. The van der Waals surface area contributed by atoms with E-state index < -0.39 is 0 Å². The second-order valence-corrected chi connectivity index (χ2v) is 5.57. The largest absolute Gasteiger partial charge is 0.506 e. The summed E-state index contributed by atoms with van der Waals surface area (Å²) in [6.45, 7) is 0. The normalized spacial score (nSPS) is 11.5. The molecule has 0 saturated carbocycles. The first-order valence-corrected chi connectivity index (χ1v) is 6.89. The Bertz CT molecular complexity index is 903. The standard InChI is InChI=1S/C18H14N2O2/c19-15-5-11-1-9-2-12-6-16(20)18(22)8-14(12)4-10(9)3-13(11)7-17(15)21/h1-8,21-22H,19-20H2. The number of rotatable bonds is 0. The highest BCUT2D eigenvalue weighted by molar-refractivity contribution is 6.06. The number of fused-ring (bicyclic) bond motifs is 3. The van der Waals surface area contributed by atoms with Crippen LogP contribution in [0.1, 0.15) is 0 Å². The molecule has 22 heavy (non-hydrogen) atoms. The maximum Gasteiger partial charge on any atom is 0.139 e. The van der Waals surface area contributed by atoms with Gasteiger partial charge in [0.15, 0.2) is 0 Å². The molecule has 0 aliphatic carbocycles. The molecule has 4 aromatic carbocycles. The summed E-state index contributed by atoms with van der Waals surface area (Å²) in [6.07, 6.45) is 0. The predicted molar refractivity (Wildman–Crippen MR) is 91.1 cm³/mol. The Labute approximate surface area is 126 Å². The van der Waals surface area contributed by atoms with Crippen LogP contribution in [0.3, 0.4) is 0 Å². The lowest BCUT2D eigenvalue weighted by Crippen LogP contribution is -1.87. The number of nitrogens with two attached hydrogens (primary N) is 2. The lowest BCUT2D eigenvalue weighted by Gasteiger charge is -2.08. The van der Waals surface area contributed by atoms with Crippen LogP contribution in [0.5, 0.6) is 11.5 Å². The van der Waals surface area contributed by atoms with E-state index in [0.717, 1.165) is 32.3 Å². The second kappa shape index (κ2) is 4.18. The van der Waals surface area contributed by atoms with Gasteiger partial charge in [0.2, 0.25) is 0 Å². The van der Waals surface area contributed by atoms with Crippen LogP contribution in [0, 0.1) is 0 Å². The Morgan fingerprint density at radius 3 is 1.09 bits per heavy atom. The summed E-state index contributed by atoms with van der Waals surface area (Å²) < 4.78 is 0. The molecule has 0 aliphatic rings. The summed E-state index contributed by atoms with van der Waals surface area (Å²) in [4.78, 5) is 0. The van der Waals surface area contributed by atoms with Crippen LogP contribution in [-0.2, 0) is 0 Å². The Balaban J connectivity index is 2.11. The Hall–Kier alpha value is -3.14. The SMILES string of the molecule is Nc1cc2cc3cc4cc(N)c(O)cc4cc3cc2cc1O. The molecule has 0 fully saturated rings. The molecule has 0 saturated heterocycles. The van der Waals surface area contributed by atoms with Crippen LogP contribution in [0.2, 0.25) is 0 Å². The lowest BCUT2D eigenvalue weighted by molar-refractivity contribution is 0.478. The van der Waals surface area contributed by atoms with Crippen LogP contribution in [0.25, 0.3) is 32.3 Å². The van der Waals surface area contributed by atoms with E-state index >= 15 is 0 Å². The molecule has 0 amide bonds. The molecule has 6 N–H and O–H groups in total. The fraction of sp³-hybridized carbons (Fsp3) is 0. The van der Waals surface area contributed by atoms with E-state index in [9.17, 15) is 10.2 Å². The topological polar surface area (TPSA) is 92.5 Å². The smallest absolute Gasteiger partial charge is 0.139 e. The van der Waals surface area contributed by atoms with E-state index in [-0.39, 0.29) is 11.5 Å². The average Bonchev–Trinajstić information content (AvgIpc) is 2.46. The van der Waals surface area contributed by atoms with Crippen molar-refractivity contribution in [1.82, 2.24) is 0 Å². The number of hydrogen-bond donors (Lipinski definition) is 4. The Morgan fingerprint density at radius 2 is 0.727 bits per heavy atom. The van der Waals surface area contributed by atoms with E-state index in [2.05, 4.69) is 0 Å². The molecule has 0 bridgehead atoms. The van der Waals surface area contributed by atoms with Crippen LogP contribution in [-0.4, -0.2) is 10.2 Å². The molecule has 108 valence electrons. The molecule has 0 heterocycles. The highest BCUT2D eigenvalue weighted by atomic mass is 16.3. The van der Waals surface area contributed by atoms with Crippen molar-refractivity contribution in [3.05, 3.63) is 48.5 Å². The van der Waals surface area contributed by atoms with E-state index in [1.54, 1.807) is 24.3 Å². The molecule has 0 aromatic heterocycles. The van der Waals surface area contributed by atoms with Crippen molar-refractivity contribution >= 4 is 43.7 Å². The van der Waals surface area contributed by atoms with Gasteiger partial charge in [-0.15, -0.1) is 0 Å². The molecule has 0 atom stereocenters. The summed E-state index contributed by atoms with van der Waals surface area (Å²) in [5.74, 6) is 0.163. The molecule has 4 rings (SSSR count). The minimum absolute atomic E-state index is 0.0815. The summed E-state index contributed by atoms with van der Waals surface area (Å²) in [5, 5.41) is 25.3. The van der Waals surface area contributed by atoms with Gasteiger partial charge in [-0.3, -0.25) is 0 Å². The predicted octanol–water partition coefficient (Wildman–Crippen LogP) is 3.72. The molecular weight excluding hydrogens is 276 g/mol. The van der Waals surface area contributed by atoms with Gasteiger partial charge in [0.1, 0.15) is 11.5 Å². The molecule has 0 radical (unpaired) electrons. The molecule has 0 unspecified atom stereocenters. The molecule has 0 aliphatic heterocycles. The van der Waals surface area contributed by atoms with Gasteiger partial charge in [0.05, 0.1) is 11.4 Å². The minimum atomic E-state index is 0.0815. The van der Waals surface area contributed by atoms with Gasteiger partial charge in [0, 0.05) is 0 Å². The van der Waals surface area contributed by atoms with Gasteiger partial charge in [-0.25, -0.2) is 0 Å². The maximum atomic E-state index is 9.76. The average molecular weight is 290 g/mol. The number of nitrogen functional groups attached to an aromatic ring is 2. The number of phenolic OH excluding ortho intramolecular Hbond substituents is 2. The first-order valence-electron chi connectivity index (χ1n) is 6.89. The molecule has 4 aromatic rings. The first kappa shape index (κ1) is 12.6. The zero-order valence-corrected chi connectivity index (χ0v) is 11.7. The third-order valence-electron chi connectivity index (χ3n) is 4.04. The van der Waals surface area contributed by atoms with Gasteiger partial charge >= 0.3 is 0 Å². The Morgan fingerprint density at radius 1 is 0.455 bits per heavy atom.